The van der Waals surface area contributed by atoms with Crippen LogP contribution in [0.2, 0.25) is 10.0 Å². The topological polar surface area (TPSA) is 38.0 Å². The lowest BCUT2D eigenvalue weighted by molar-refractivity contribution is 0.499. The summed E-state index contributed by atoms with van der Waals surface area (Å²) in [5, 5.41) is 0.311. The van der Waals surface area contributed by atoms with E-state index in [4.69, 9.17) is 29.0 Å². The number of nitrogens with one attached hydrogen (secondary N) is 1. The van der Waals surface area contributed by atoms with Crippen LogP contribution in [0.3, 0.4) is 0 Å². The van der Waals surface area contributed by atoms with E-state index in [1.165, 1.54) is 18.2 Å². The van der Waals surface area contributed by atoms with Gasteiger partial charge in [0.1, 0.15) is 11.6 Å². The molecule has 20 heavy (non-hydrogen) atoms. The Kier molecular flexibility index (Phi) is 4.94. The van der Waals surface area contributed by atoms with Gasteiger partial charge in [-0.3, -0.25) is 11.3 Å². The minimum atomic E-state index is -0.583. The van der Waals surface area contributed by atoms with E-state index in [1.807, 2.05) is 0 Å². The molecular formula is C14H12Cl2F2N2. The zero-order chi connectivity index (χ0) is 14.7. The average molecular weight is 317 g/mol. The second-order valence-corrected chi connectivity index (χ2v) is 5.15. The van der Waals surface area contributed by atoms with Crippen molar-refractivity contribution >= 4 is 23.2 Å². The quantitative estimate of drug-likeness (QED) is 0.660. The minimum absolute atomic E-state index is 0.0230. The van der Waals surface area contributed by atoms with Crippen LogP contribution in [0.4, 0.5) is 8.78 Å². The Hall–Kier alpha value is -1.20. The maximum atomic E-state index is 13.9. The molecule has 2 aromatic rings. The smallest absolute Gasteiger partial charge is 0.145 e. The highest BCUT2D eigenvalue weighted by atomic mass is 35.5. The molecule has 6 heteroatoms. The van der Waals surface area contributed by atoms with Crippen molar-refractivity contribution in [2.75, 3.05) is 0 Å². The van der Waals surface area contributed by atoms with E-state index in [0.717, 1.165) is 0 Å². The van der Waals surface area contributed by atoms with Gasteiger partial charge in [0.15, 0.2) is 0 Å². The van der Waals surface area contributed by atoms with Crippen LogP contribution in [-0.2, 0) is 6.42 Å². The van der Waals surface area contributed by atoms with Gasteiger partial charge in [-0.05, 0) is 30.2 Å². The van der Waals surface area contributed by atoms with Crippen molar-refractivity contribution in [3.63, 3.8) is 0 Å². The van der Waals surface area contributed by atoms with E-state index < -0.39 is 17.7 Å². The third kappa shape index (κ3) is 3.27. The maximum absolute atomic E-state index is 13.9. The molecular weight excluding hydrogens is 305 g/mol. The molecule has 0 aromatic heterocycles. The van der Waals surface area contributed by atoms with Gasteiger partial charge in [0.25, 0.3) is 0 Å². The van der Waals surface area contributed by atoms with Crippen LogP contribution in [0.15, 0.2) is 36.4 Å². The van der Waals surface area contributed by atoms with Crippen molar-refractivity contribution < 1.29 is 8.78 Å². The van der Waals surface area contributed by atoms with E-state index in [-0.39, 0.29) is 16.5 Å². The summed E-state index contributed by atoms with van der Waals surface area (Å²) in [6, 6.07) is 8.35. The molecule has 0 saturated heterocycles. The van der Waals surface area contributed by atoms with Gasteiger partial charge in [-0.2, -0.15) is 0 Å². The van der Waals surface area contributed by atoms with Crippen LogP contribution in [0.25, 0.3) is 0 Å². The SMILES string of the molecule is NNC(Cc1cccc(Cl)c1F)c1ccc(Cl)cc1F. The lowest BCUT2D eigenvalue weighted by atomic mass is 9.98. The summed E-state index contributed by atoms with van der Waals surface area (Å²) >= 11 is 11.4. The monoisotopic (exact) mass is 316 g/mol. The molecule has 2 aromatic carbocycles. The molecule has 0 spiro atoms. The third-order valence-electron chi connectivity index (χ3n) is 2.99. The van der Waals surface area contributed by atoms with Crippen LogP contribution in [0.5, 0.6) is 0 Å². The van der Waals surface area contributed by atoms with Crippen molar-refractivity contribution in [3.8, 4) is 0 Å². The number of rotatable bonds is 4. The van der Waals surface area contributed by atoms with E-state index in [1.54, 1.807) is 18.2 Å². The first-order valence-electron chi connectivity index (χ1n) is 5.87. The van der Waals surface area contributed by atoms with Gasteiger partial charge in [0.05, 0.1) is 11.1 Å². The number of hydrazine groups is 1. The molecule has 0 bridgehead atoms. The van der Waals surface area contributed by atoms with Crippen LogP contribution in [-0.4, -0.2) is 0 Å². The predicted molar refractivity (Wildman–Crippen MR) is 76.6 cm³/mol. The normalized spacial score (nSPS) is 12.4. The number of hydrogen-bond donors (Lipinski definition) is 2. The van der Waals surface area contributed by atoms with Crippen molar-refractivity contribution in [2.45, 2.75) is 12.5 Å². The molecule has 0 fully saturated rings. The van der Waals surface area contributed by atoms with Crippen LogP contribution in [0, 0.1) is 11.6 Å². The fourth-order valence-electron chi connectivity index (χ4n) is 1.97. The molecule has 0 heterocycles. The van der Waals surface area contributed by atoms with Gasteiger partial charge in [-0.1, -0.05) is 41.4 Å². The predicted octanol–water partition coefficient (Wildman–Crippen LogP) is 4.02. The molecule has 3 N–H and O–H groups in total. The highest BCUT2D eigenvalue weighted by molar-refractivity contribution is 6.31. The van der Waals surface area contributed by atoms with Crippen LogP contribution >= 0.6 is 23.2 Å². The number of nitrogens with two attached hydrogens (primary N) is 1. The minimum Gasteiger partial charge on any atom is -0.271 e. The average Bonchev–Trinajstić information content (AvgIpc) is 2.41. The second kappa shape index (κ2) is 6.50. The second-order valence-electron chi connectivity index (χ2n) is 4.30. The Morgan fingerprint density at radius 2 is 1.90 bits per heavy atom. The number of benzene rings is 2. The molecule has 2 rings (SSSR count). The molecule has 0 aliphatic heterocycles. The summed E-state index contributed by atoms with van der Waals surface area (Å²) < 4.78 is 27.7. The fraction of sp³-hybridized carbons (Fsp3) is 0.143. The summed E-state index contributed by atoms with van der Waals surface area (Å²) in [5.41, 5.74) is 3.15. The first-order valence-corrected chi connectivity index (χ1v) is 6.62. The third-order valence-corrected chi connectivity index (χ3v) is 3.52. The zero-order valence-corrected chi connectivity index (χ0v) is 11.8. The first kappa shape index (κ1) is 15.2. The Bertz CT molecular complexity index is 620. The van der Waals surface area contributed by atoms with Crippen molar-refractivity contribution in [3.05, 3.63) is 69.2 Å². The Balaban J connectivity index is 2.31. The molecule has 2 nitrogen and oxygen atoms in total. The van der Waals surface area contributed by atoms with Crippen molar-refractivity contribution in [2.24, 2.45) is 5.84 Å². The van der Waals surface area contributed by atoms with Crippen molar-refractivity contribution in [1.82, 2.24) is 5.43 Å². The number of halogens is 4. The van der Waals surface area contributed by atoms with Gasteiger partial charge >= 0.3 is 0 Å². The summed E-state index contributed by atoms with van der Waals surface area (Å²) in [7, 11) is 0. The first-order chi connectivity index (χ1) is 9.52. The summed E-state index contributed by atoms with van der Waals surface area (Å²) in [6.07, 6.45) is 0.168. The summed E-state index contributed by atoms with van der Waals surface area (Å²) in [4.78, 5) is 0. The highest BCUT2D eigenvalue weighted by Gasteiger charge is 2.18. The highest BCUT2D eigenvalue weighted by Crippen LogP contribution is 2.26. The maximum Gasteiger partial charge on any atom is 0.145 e. The van der Waals surface area contributed by atoms with Crippen LogP contribution in [0.1, 0.15) is 17.2 Å². The molecule has 0 radical (unpaired) electrons. The molecule has 1 unspecified atom stereocenters. The standard InChI is InChI=1S/C14H12Cl2F2N2/c15-9-4-5-10(12(17)7-9)13(20-19)6-8-2-1-3-11(16)14(8)18/h1-5,7,13,20H,6,19H2. The van der Waals surface area contributed by atoms with E-state index in [0.29, 0.717) is 11.1 Å². The Morgan fingerprint density at radius 3 is 2.55 bits per heavy atom. The van der Waals surface area contributed by atoms with Gasteiger partial charge in [-0.25, -0.2) is 8.78 Å². The lowest BCUT2D eigenvalue weighted by Crippen LogP contribution is -2.30. The molecule has 0 amide bonds. The van der Waals surface area contributed by atoms with Crippen molar-refractivity contribution in [1.29, 1.82) is 0 Å². The summed E-state index contributed by atoms with van der Waals surface area (Å²) in [6.45, 7) is 0. The molecule has 1 atom stereocenters. The molecule has 106 valence electrons. The van der Waals surface area contributed by atoms with Gasteiger partial charge in [0.2, 0.25) is 0 Å². The van der Waals surface area contributed by atoms with E-state index in [9.17, 15) is 8.78 Å². The van der Waals surface area contributed by atoms with E-state index >= 15 is 0 Å². The van der Waals surface area contributed by atoms with Gasteiger partial charge in [0, 0.05) is 10.6 Å². The molecule has 0 aliphatic rings. The summed E-state index contributed by atoms with van der Waals surface area (Å²) in [5.74, 6) is 4.42. The Labute approximate surface area is 125 Å². The van der Waals surface area contributed by atoms with Gasteiger partial charge < -0.3 is 0 Å². The fourth-order valence-corrected chi connectivity index (χ4v) is 2.32. The van der Waals surface area contributed by atoms with Gasteiger partial charge in [-0.15, -0.1) is 0 Å². The zero-order valence-electron chi connectivity index (χ0n) is 10.3. The van der Waals surface area contributed by atoms with E-state index in [2.05, 4.69) is 5.43 Å². The number of hydrogen-bond acceptors (Lipinski definition) is 2. The Morgan fingerprint density at radius 1 is 1.15 bits per heavy atom. The molecule has 0 saturated carbocycles. The molecule has 0 aliphatic carbocycles. The van der Waals surface area contributed by atoms with Crippen LogP contribution < -0.4 is 11.3 Å². The lowest BCUT2D eigenvalue weighted by Gasteiger charge is -2.18. The largest absolute Gasteiger partial charge is 0.271 e.